The van der Waals surface area contributed by atoms with Crippen LogP contribution in [0.1, 0.15) is 33.6 Å². The van der Waals surface area contributed by atoms with Gasteiger partial charge in [-0.25, -0.2) is 0 Å². The number of nitrogens with zero attached hydrogens (tertiary/aromatic N) is 4. The van der Waals surface area contributed by atoms with Crippen LogP contribution in [0.4, 0.5) is 0 Å². The van der Waals surface area contributed by atoms with Crippen molar-refractivity contribution < 1.29 is 4.79 Å². The molecule has 0 N–H and O–H groups in total. The number of hydrogen-bond donors (Lipinski definition) is 0. The van der Waals surface area contributed by atoms with Gasteiger partial charge in [-0.3, -0.25) is 9.48 Å². The van der Waals surface area contributed by atoms with E-state index in [0.29, 0.717) is 13.0 Å². The number of carbonyl (C=O) groups is 1. The van der Waals surface area contributed by atoms with E-state index < -0.39 is 0 Å². The van der Waals surface area contributed by atoms with Gasteiger partial charge in [0.05, 0.1) is 12.7 Å². The zero-order valence-electron chi connectivity index (χ0n) is 11.5. The zero-order chi connectivity index (χ0) is 13.4. The Morgan fingerprint density at radius 2 is 2.22 bits per heavy atom. The van der Waals surface area contributed by atoms with Crippen molar-refractivity contribution in [3.63, 3.8) is 0 Å². The lowest BCUT2D eigenvalue weighted by molar-refractivity contribution is -0.131. The molecule has 0 aromatic carbocycles. The summed E-state index contributed by atoms with van der Waals surface area (Å²) in [6.45, 7) is 8.29. The Balaban J connectivity index is 0.000000771. The molecule has 0 bridgehead atoms. The minimum atomic E-state index is 0.197. The van der Waals surface area contributed by atoms with Gasteiger partial charge in [-0.15, -0.1) is 5.10 Å². The molecule has 100 valence electrons. The fraction of sp³-hybridized carbons (Fsp3) is 0.615. The first-order chi connectivity index (χ1) is 8.75. The predicted molar refractivity (Wildman–Crippen MR) is 70.9 cm³/mol. The maximum atomic E-state index is 11.9. The molecule has 0 atom stereocenters. The summed E-state index contributed by atoms with van der Waals surface area (Å²) in [5.41, 5.74) is 1.28. The molecule has 1 aromatic heterocycles. The van der Waals surface area contributed by atoms with Crippen LogP contribution in [0.5, 0.6) is 0 Å². The molecule has 1 aliphatic heterocycles. The lowest BCUT2D eigenvalue weighted by Crippen LogP contribution is -2.35. The van der Waals surface area contributed by atoms with Crippen molar-refractivity contribution in [1.29, 1.82) is 0 Å². The second kappa shape index (κ2) is 7.63. The predicted octanol–water partition coefficient (Wildman–Crippen LogP) is 1.87. The molecule has 18 heavy (non-hydrogen) atoms. The summed E-state index contributed by atoms with van der Waals surface area (Å²) in [6, 6.07) is 0. The van der Waals surface area contributed by atoms with E-state index in [-0.39, 0.29) is 5.91 Å². The van der Waals surface area contributed by atoms with Crippen LogP contribution in [0, 0.1) is 0 Å². The standard InChI is InChI=1S/C11H16N4O.C2H6/c1-10-3-2-6-14(9-10)11(16)4-7-15-8-5-12-13-15;1-2/h3,5,8H,2,4,6-7,9H2,1H3;1-2H3. The quantitative estimate of drug-likeness (QED) is 0.770. The highest BCUT2D eigenvalue weighted by atomic mass is 16.2. The summed E-state index contributed by atoms with van der Waals surface area (Å²) < 4.78 is 1.69. The van der Waals surface area contributed by atoms with Gasteiger partial charge in [0.2, 0.25) is 5.91 Å². The van der Waals surface area contributed by atoms with Gasteiger partial charge >= 0.3 is 0 Å². The van der Waals surface area contributed by atoms with Crippen molar-refractivity contribution in [3.8, 4) is 0 Å². The minimum absolute atomic E-state index is 0.197. The molecule has 0 spiro atoms. The molecule has 0 saturated heterocycles. The third-order valence-corrected chi connectivity index (χ3v) is 2.71. The molecule has 0 radical (unpaired) electrons. The summed E-state index contributed by atoms with van der Waals surface area (Å²) >= 11 is 0. The fourth-order valence-corrected chi connectivity index (χ4v) is 1.84. The van der Waals surface area contributed by atoms with Crippen LogP contribution in [0.15, 0.2) is 24.0 Å². The van der Waals surface area contributed by atoms with Gasteiger partial charge in [-0.05, 0) is 13.3 Å². The first-order valence-corrected chi connectivity index (χ1v) is 6.53. The molecule has 1 aliphatic rings. The Bertz CT molecular complexity index is 384. The van der Waals surface area contributed by atoms with Crippen molar-refractivity contribution in [2.24, 2.45) is 0 Å². The Kier molecular flexibility index (Phi) is 6.11. The largest absolute Gasteiger partial charge is 0.338 e. The molecule has 5 nitrogen and oxygen atoms in total. The number of aryl methyl sites for hydroxylation is 1. The topological polar surface area (TPSA) is 51.0 Å². The number of hydrogen-bond acceptors (Lipinski definition) is 3. The molecular weight excluding hydrogens is 228 g/mol. The fourth-order valence-electron chi connectivity index (χ4n) is 1.84. The summed E-state index contributed by atoms with van der Waals surface area (Å²) in [4.78, 5) is 13.8. The van der Waals surface area contributed by atoms with Crippen LogP contribution in [0.2, 0.25) is 0 Å². The summed E-state index contributed by atoms with van der Waals surface area (Å²) in [7, 11) is 0. The maximum Gasteiger partial charge on any atom is 0.224 e. The number of aromatic nitrogens is 3. The molecule has 2 heterocycles. The van der Waals surface area contributed by atoms with Crippen molar-refractivity contribution in [3.05, 3.63) is 24.0 Å². The van der Waals surface area contributed by atoms with E-state index in [4.69, 9.17) is 0 Å². The number of amides is 1. The van der Waals surface area contributed by atoms with Gasteiger partial charge < -0.3 is 4.90 Å². The monoisotopic (exact) mass is 250 g/mol. The van der Waals surface area contributed by atoms with E-state index in [9.17, 15) is 4.79 Å². The Morgan fingerprint density at radius 1 is 1.44 bits per heavy atom. The van der Waals surface area contributed by atoms with Crippen LogP contribution >= 0.6 is 0 Å². The zero-order valence-corrected chi connectivity index (χ0v) is 11.5. The van der Waals surface area contributed by atoms with Crippen LogP contribution in [0.25, 0.3) is 0 Å². The Labute approximate surface area is 108 Å². The van der Waals surface area contributed by atoms with Gasteiger partial charge in [-0.2, -0.15) is 0 Å². The highest BCUT2D eigenvalue weighted by molar-refractivity contribution is 5.76. The van der Waals surface area contributed by atoms with Crippen LogP contribution in [0.3, 0.4) is 0 Å². The molecule has 0 saturated carbocycles. The second-order valence-corrected chi connectivity index (χ2v) is 4.07. The third kappa shape index (κ3) is 4.31. The summed E-state index contributed by atoms with van der Waals surface area (Å²) in [5.74, 6) is 0.197. The lowest BCUT2D eigenvalue weighted by Gasteiger charge is -2.26. The highest BCUT2D eigenvalue weighted by Gasteiger charge is 2.15. The molecule has 5 heteroatoms. The molecule has 0 unspecified atom stereocenters. The molecule has 2 rings (SSSR count). The second-order valence-electron chi connectivity index (χ2n) is 4.07. The van der Waals surface area contributed by atoms with E-state index in [1.165, 1.54) is 5.57 Å². The van der Waals surface area contributed by atoms with Gasteiger partial charge in [0, 0.05) is 25.7 Å². The van der Waals surface area contributed by atoms with E-state index in [0.717, 1.165) is 19.5 Å². The molecule has 1 aromatic rings. The van der Waals surface area contributed by atoms with Gasteiger partial charge in [0.1, 0.15) is 0 Å². The summed E-state index contributed by atoms with van der Waals surface area (Å²) in [5, 5.41) is 7.54. The van der Waals surface area contributed by atoms with Crippen molar-refractivity contribution in [2.45, 2.75) is 40.2 Å². The van der Waals surface area contributed by atoms with Crippen molar-refractivity contribution >= 4 is 5.91 Å². The Hall–Kier alpha value is -1.65. The van der Waals surface area contributed by atoms with E-state index in [1.54, 1.807) is 17.1 Å². The molecular formula is C13H22N4O. The number of rotatable bonds is 3. The average molecular weight is 250 g/mol. The van der Waals surface area contributed by atoms with E-state index in [2.05, 4.69) is 23.3 Å². The van der Waals surface area contributed by atoms with Crippen LogP contribution < -0.4 is 0 Å². The van der Waals surface area contributed by atoms with Crippen LogP contribution in [-0.2, 0) is 11.3 Å². The van der Waals surface area contributed by atoms with Crippen molar-refractivity contribution in [1.82, 2.24) is 19.9 Å². The third-order valence-electron chi connectivity index (χ3n) is 2.71. The number of carbonyl (C=O) groups excluding carboxylic acids is 1. The maximum absolute atomic E-state index is 11.9. The van der Waals surface area contributed by atoms with E-state index >= 15 is 0 Å². The van der Waals surface area contributed by atoms with Crippen molar-refractivity contribution in [2.75, 3.05) is 13.1 Å². The normalized spacial score (nSPS) is 14.6. The smallest absolute Gasteiger partial charge is 0.224 e. The minimum Gasteiger partial charge on any atom is -0.338 e. The first kappa shape index (κ1) is 14.4. The molecule has 1 amide bonds. The Morgan fingerprint density at radius 3 is 2.83 bits per heavy atom. The summed E-state index contributed by atoms with van der Waals surface area (Å²) in [6.07, 6.45) is 7.06. The lowest BCUT2D eigenvalue weighted by atomic mass is 10.1. The van der Waals surface area contributed by atoms with Gasteiger partial charge in [-0.1, -0.05) is 30.7 Å². The van der Waals surface area contributed by atoms with Gasteiger partial charge in [0.15, 0.2) is 0 Å². The average Bonchev–Trinajstić information content (AvgIpc) is 2.91. The first-order valence-electron chi connectivity index (χ1n) is 6.53. The van der Waals surface area contributed by atoms with Crippen LogP contribution in [-0.4, -0.2) is 38.9 Å². The van der Waals surface area contributed by atoms with Gasteiger partial charge in [0.25, 0.3) is 0 Å². The molecule has 0 aliphatic carbocycles. The molecule has 0 fully saturated rings. The highest BCUT2D eigenvalue weighted by Crippen LogP contribution is 2.10. The SMILES string of the molecule is CC.CC1=CCCN(C(=O)CCn2ccnn2)C1. The van der Waals surface area contributed by atoms with E-state index in [1.807, 2.05) is 18.7 Å².